The highest BCUT2D eigenvalue weighted by molar-refractivity contribution is 6.00. The fourth-order valence-electron chi connectivity index (χ4n) is 3.43. The Morgan fingerprint density at radius 1 is 1.03 bits per heavy atom. The molecule has 1 atom stereocenters. The summed E-state index contributed by atoms with van der Waals surface area (Å²) in [5.41, 5.74) is 3.51. The molecule has 0 bridgehead atoms. The van der Waals surface area contributed by atoms with Gasteiger partial charge >= 0.3 is 0 Å². The van der Waals surface area contributed by atoms with E-state index in [-0.39, 0.29) is 17.1 Å². The van der Waals surface area contributed by atoms with Crippen molar-refractivity contribution in [1.82, 2.24) is 24.6 Å². The van der Waals surface area contributed by atoms with Gasteiger partial charge in [0, 0.05) is 18.3 Å². The number of fused-ring (bicyclic) bond motifs is 1. The molecule has 33 heavy (non-hydrogen) atoms. The molecule has 8 nitrogen and oxygen atoms in total. The summed E-state index contributed by atoms with van der Waals surface area (Å²) in [6.45, 7) is 1.90. The number of amides is 1. The average molecular weight is 459 g/mol. The van der Waals surface area contributed by atoms with Crippen molar-refractivity contribution in [3.05, 3.63) is 60.2 Å². The van der Waals surface area contributed by atoms with E-state index in [1.165, 1.54) is 26.4 Å². The molecule has 0 spiro atoms. The smallest absolute Gasteiger partial charge is 0.287 e. The number of nitrogens with one attached hydrogen (secondary N) is 1. The number of hydrogen-bond acceptors (Lipinski definition) is 5. The minimum absolute atomic E-state index is 0.0220. The Morgan fingerprint density at radius 2 is 1.73 bits per heavy atom. The van der Waals surface area contributed by atoms with Gasteiger partial charge in [0.1, 0.15) is 23.4 Å². The molecular formula is C22H20F3N5O3. The van der Waals surface area contributed by atoms with E-state index >= 15 is 0 Å². The number of nitrogens with zero attached hydrogens (tertiary/aromatic N) is 4. The number of carbonyl (C=O) groups is 1. The summed E-state index contributed by atoms with van der Waals surface area (Å²) < 4.78 is 52.5. The molecular weight excluding hydrogens is 439 g/mol. The molecule has 0 aliphatic carbocycles. The Labute approximate surface area is 186 Å². The minimum atomic E-state index is -3.36. The maximum Gasteiger partial charge on any atom is 0.287 e. The summed E-state index contributed by atoms with van der Waals surface area (Å²) in [4.78, 5) is 16.9. The number of imidazole rings is 1. The third kappa shape index (κ3) is 4.21. The van der Waals surface area contributed by atoms with Crippen molar-refractivity contribution < 1.29 is 27.4 Å². The highest BCUT2D eigenvalue weighted by atomic mass is 19.3. The first kappa shape index (κ1) is 22.2. The molecule has 1 N–H and O–H groups in total. The van der Waals surface area contributed by atoms with Crippen molar-refractivity contribution in [3.8, 4) is 22.9 Å². The van der Waals surface area contributed by atoms with Gasteiger partial charge in [-0.15, -0.1) is 0 Å². The van der Waals surface area contributed by atoms with Crippen molar-refractivity contribution in [2.24, 2.45) is 0 Å². The maximum atomic E-state index is 13.4. The lowest BCUT2D eigenvalue weighted by molar-refractivity contribution is 0.0285. The molecule has 0 saturated heterocycles. The van der Waals surface area contributed by atoms with E-state index in [2.05, 4.69) is 10.1 Å². The van der Waals surface area contributed by atoms with E-state index in [4.69, 9.17) is 9.47 Å². The van der Waals surface area contributed by atoms with E-state index in [0.717, 1.165) is 16.9 Å². The van der Waals surface area contributed by atoms with Crippen LogP contribution in [0, 0.1) is 6.92 Å². The Morgan fingerprint density at radius 3 is 2.30 bits per heavy atom. The zero-order valence-corrected chi connectivity index (χ0v) is 17.9. The van der Waals surface area contributed by atoms with Crippen LogP contribution in [0.15, 0.2) is 48.9 Å². The molecule has 0 radical (unpaired) electrons. The molecule has 2 aromatic heterocycles. The lowest BCUT2D eigenvalue weighted by Gasteiger charge is -2.17. The minimum Gasteiger partial charge on any atom is -0.496 e. The topological polar surface area (TPSA) is 83.2 Å². The van der Waals surface area contributed by atoms with Crippen molar-refractivity contribution in [1.29, 1.82) is 0 Å². The van der Waals surface area contributed by atoms with Gasteiger partial charge in [-0.25, -0.2) is 22.8 Å². The van der Waals surface area contributed by atoms with Gasteiger partial charge in [0.05, 0.1) is 42.3 Å². The molecule has 1 amide bonds. The molecule has 4 rings (SSSR count). The number of aryl methyl sites for hydroxylation is 1. The van der Waals surface area contributed by atoms with Crippen LogP contribution in [0.3, 0.4) is 0 Å². The number of halogens is 3. The predicted molar refractivity (Wildman–Crippen MR) is 114 cm³/mol. The van der Waals surface area contributed by atoms with Gasteiger partial charge in [0.2, 0.25) is 6.30 Å². The summed E-state index contributed by atoms with van der Waals surface area (Å²) in [7, 11) is 2.61. The van der Waals surface area contributed by atoms with E-state index in [0.29, 0.717) is 11.2 Å². The highest BCUT2D eigenvalue weighted by Gasteiger charge is 2.27. The van der Waals surface area contributed by atoms with Crippen LogP contribution in [0.4, 0.5) is 13.2 Å². The number of hydrogen-bond donors (Lipinski definition) is 1. The second-order valence-electron chi connectivity index (χ2n) is 7.12. The van der Waals surface area contributed by atoms with Crippen LogP contribution in [-0.2, 0) is 0 Å². The van der Waals surface area contributed by atoms with Gasteiger partial charge in [-0.05, 0) is 31.2 Å². The van der Waals surface area contributed by atoms with Crippen molar-refractivity contribution in [2.75, 3.05) is 14.2 Å². The fraction of sp³-hybridized carbons (Fsp3) is 0.227. The van der Waals surface area contributed by atoms with Gasteiger partial charge in [0.25, 0.3) is 12.3 Å². The lowest BCUT2D eigenvalue weighted by atomic mass is 10.1. The number of methoxy groups -OCH3 is 2. The maximum absolute atomic E-state index is 13.4. The summed E-state index contributed by atoms with van der Waals surface area (Å²) >= 11 is 0. The molecule has 0 aliphatic rings. The third-order valence-electron chi connectivity index (χ3n) is 5.00. The fourth-order valence-corrected chi connectivity index (χ4v) is 3.43. The number of benzene rings is 2. The number of alkyl halides is 3. The number of carbonyl (C=O) groups excluding carboxylic acids is 1. The summed E-state index contributed by atoms with van der Waals surface area (Å²) in [5, 5.41) is 6.00. The third-order valence-corrected chi connectivity index (χ3v) is 5.00. The first-order valence-corrected chi connectivity index (χ1v) is 9.81. The molecule has 0 aliphatic heterocycles. The van der Waals surface area contributed by atoms with Gasteiger partial charge in [0.15, 0.2) is 0 Å². The Kier molecular flexibility index (Phi) is 5.95. The molecule has 0 saturated carbocycles. The summed E-state index contributed by atoms with van der Waals surface area (Å²) in [5.74, 6) is -1.04. The SMILES string of the molecule is COc1cc(-n2cnc3cc(-n4ccc(C)n4)ccc32)cc(OC)c1C(=O)NC(F)C(F)F. The number of ether oxygens (including phenoxy) is 2. The highest BCUT2D eigenvalue weighted by Crippen LogP contribution is 2.34. The van der Waals surface area contributed by atoms with Crippen LogP contribution in [-0.4, -0.2) is 52.2 Å². The molecule has 172 valence electrons. The molecule has 11 heteroatoms. The summed E-state index contributed by atoms with van der Waals surface area (Å²) in [6.07, 6.45) is -2.75. The second kappa shape index (κ2) is 8.85. The Bertz CT molecular complexity index is 1290. The predicted octanol–water partition coefficient (Wildman–Crippen LogP) is 3.83. The van der Waals surface area contributed by atoms with Gasteiger partial charge < -0.3 is 14.8 Å². The zero-order chi connectivity index (χ0) is 23.7. The summed E-state index contributed by atoms with van der Waals surface area (Å²) in [6, 6.07) is 10.5. The van der Waals surface area contributed by atoms with Crippen LogP contribution in [0.2, 0.25) is 0 Å². The lowest BCUT2D eigenvalue weighted by Crippen LogP contribution is -2.36. The largest absolute Gasteiger partial charge is 0.496 e. The zero-order valence-electron chi connectivity index (χ0n) is 17.9. The van der Waals surface area contributed by atoms with Crippen LogP contribution < -0.4 is 14.8 Å². The van der Waals surface area contributed by atoms with Gasteiger partial charge in [-0.2, -0.15) is 5.10 Å². The van der Waals surface area contributed by atoms with E-state index in [1.54, 1.807) is 20.9 Å². The molecule has 2 heterocycles. The molecule has 4 aromatic rings. The van der Waals surface area contributed by atoms with Crippen molar-refractivity contribution in [2.45, 2.75) is 19.6 Å². The van der Waals surface area contributed by atoms with Crippen molar-refractivity contribution >= 4 is 16.9 Å². The van der Waals surface area contributed by atoms with E-state index < -0.39 is 18.6 Å². The average Bonchev–Trinajstić information content (AvgIpc) is 3.43. The van der Waals surface area contributed by atoms with Gasteiger partial charge in [-0.3, -0.25) is 9.36 Å². The Hall–Kier alpha value is -4.02. The molecule has 0 fully saturated rings. The van der Waals surface area contributed by atoms with Crippen LogP contribution in [0.5, 0.6) is 11.5 Å². The monoisotopic (exact) mass is 459 g/mol. The van der Waals surface area contributed by atoms with Crippen LogP contribution in [0.25, 0.3) is 22.4 Å². The van der Waals surface area contributed by atoms with Gasteiger partial charge in [-0.1, -0.05) is 0 Å². The van der Waals surface area contributed by atoms with Crippen LogP contribution in [0.1, 0.15) is 16.1 Å². The van der Waals surface area contributed by atoms with Crippen LogP contribution >= 0.6 is 0 Å². The number of aromatic nitrogens is 4. The standard InChI is InChI=1S/C22H20F3N5O3/c1-12-6-7-30(28-12)13-4-5-16-15(8-13)26-11-29(16)14-9-17(32-2)19(18(10-14)33-3)22(31)27-21(25)20(23)24/h4-11,20-21H,1-3H3,(H,27,31). The van der Waals surface area contributed by atoms with Crippen molar-refractivity contribution in [3.63, 3.8) is 0 Å². The normalized spacial score (nSPS) is 12.2. The van der Waals surface area contributed by atoms with E-state index in [9.17, 15) is 18.0 Å². The van der Waals surface area contributed by atoms with E-state index in [1.807, 2.05) is 37.4 Å². The first-order chi connectivity index (χ1) is 15.8. The number of rotatable bonds is 7. The molecule has 1 unspecified atom stereocenters. The molecule has 2 aromatic carbocycles. The first-order valence-electron chi connectivity index (χ1n) is 9.81. The quantitative estimate of drug-likeness (QED) is 0.425. The second-order valence-corrected chi connectivity index (χ2v) is 7.12. The Balaban J connectivity index is 1.75.